The highest BCUT2D eigenvalue weighted by Gasteiger charge is 2.32. The van der Waals surface area contributed by atoms with Gasteiger partial charge in [0, 0.05) is 37.5 Å². The number of aryl methyl sites for hydroxylation is 1. The van der Waals surface area contributed by atoms with Crippen LogP contribution in [0.5, 0.6) is 0 Å². The Morgan fingerprint density at radius 2 is 1.94 bits per heavy atom. The Morgan fingerprint density at radius 1 is 1.13 bits per heavy atom. The van der Waals surface area contributed by atoms with Crippen LogP contribution in [0.1, 0.15) is 17.5 Å². The number of nitrogens with zero attached hydrogens (tertiary/aromatic N) is 4. The number of hydrogen-bond donors (Lipinski definition) is 1. The SMILES string of the molecule is Cc1ccc2nc(N3CCS(=O)(=O)c4ccccc4C3)nc(N3CC(N)CC3=O)c2c1. The maximum absolute atomic E-state index is 12.7. The van der Waals surface area contributed by atoms with E-state index in [2.05, 4.69) is 0 Å². The van der Waals surface area contributed by atoms with Gasteiger partial charge in [-0.05, 0) is 30.7 Å². The minimum absolute atomic E-state index is 0.0256. The zero-order valence-electron chi connectivity index (χ0n) is 17.2. The molecule has 0 bridgehead atoms. The monoisotopic (exact) mass is 437 g/mol. The molecule has 0 aliphatic carbocycles. The van der Waals surface area contributed by atoms with Gasteiger partial charge in [-0.3, -0.25) is 9.69 Å². The van der Waals surface area contributed by atoms with Gasteiger partial charge in [-0.2, -0.15) is 4.98 Å². The number of carbonyl (C=O) groups excluding carboxylic acids is 1. The fraction of sp³-hybridized carbons (Fsp3) is 0.318. The number of rotatable bonds is 2. The Balaban J connectivity index is 1.64. The fourth-order valence-electron chi connectivity index (χ4n) is 4.23. The summed E-state index contributed by atoms with van der Waals surface area (Å²) in [5.74, 6) is 0.847. The summed E-state index contributed by atoms with van der Waals surface area (Å²) < 4.78 is 25.5. The minimum atomic E-state index is -3.39. The van der Waals surface area contributed by atoms with Crippen molar-refractivity contribution in [1.29, 1.82) is 0 Å². The molecule has 9 heteroatoms. The molecule has 0 radical (unpaired) electrons. The third-order valence-corrected chi connectivity index (χ3v) is 7.60. The van der Waals surface area contributed by atoms with E-state index in [-0.39, 0.29) is 30.7 Å². The molecule has 2 aliphatic rings. The molecule has 3 aromatic rings. The summed E-state index contributed by atoms with van der Waals surface area (Å²) in [5, 5.41) is 0.786. The Bertz CT molecular complexity index is 1310. The van der Waals surface area contributed by atoms with E-state index in [4.69, 9.17) is 15.7 Å². The van der Waals surface area contributed by atoms with Gasteiger partial charge >= 0.3 is 0 Å². The molecule has 2 aliphatic heterocycles. The second-order valence-corrected chi connectivity index (χ2v) is 10.3. The molecule has 0 saturated carbocycles. The molecule has 0 spiro atoms. The van der Waals surface area contributed by atoms with Crippen molar-refractivity contribution in [1.82, 2.24) is 9.97 Å². The van der Waals surface area contributed by atoms with Crippen molar-refractivity contribution in [2.45, 2.75) is 30.8 Å². The summed E-state index contributed by atoms with van der Waals surface area (Å²) in [6.45, 7) is 3.02. The molecular formula is C22H23N5O3S. The van der Waals surface area contributed by atoms with Crippen molar-refractivity contribution >= 4 is 38.4 Å². The summed E-state index contributed by atoms with van der Waals surface area (Å²) in [5.41, 5.74) is 8.49. The topological polar surface area (TPSA) is 109 Å². The first-order valence-corrected chi connectivity index (χ1v) is 11.9. The zero-order valence-corrected chi connectivity index (χ0v) is 18.0. The molecule has 5 rings (SSSR count). The highest BCUT2D eigenvalue weighted by Crippen LogP contribution is 2.32. The van der Waals surface area contributed by atoms with Crippen LogP contribution in [0.3, 0.4) is 0 Å². The Labute approximate surface area is 180 Å². The van der Waals surface area contributed by atoms with Gasteiger partial charge in [0.2, 0.25) is 11.9 Å². The number of amides is 1. The average molecular weight is 438 g/mol. The van der Waals surface area contributed by atoms with Gasteiger partial charge in [-0.25, -0.2) is 13.4 Å². The van der Waals surface area contributed by atoms with Crippen molar-refractivity contribution < 1.29 is 13.2 Å². The molecule has 1 unspecified atom stereocenters. The number of fused-ring (bicyclic) bond motifs is 2. The number of hydrogen-bond acceptors (Lipinski definition) is 7. The molecule has 1 fully saturated rings. The smallest absolute Gasteiger partial charge is 0.229 e. The summed E-state index contributed by atoms with van der Waals surface area (Å²) in [7, 11) is -3.39. The van der Waals surface area contributed by atoms with E-state index in [1.54, 1.807) is 17.0 Å². The van der Waals surface area contributed by atoms with Crippen LogP contribution in [0.25, 0.3) is 10.9 Å². The second-order valence-electron chi connectivity index (χ2n) is 8.18. The minimum Gasteiger partial charge on any atom is -0.335 e. The Morgan fingerprint density at radius 3 is 2.71 bits per heavy atom. The van der Waals surface area contributed by atoms with Gasteiger partial charge in [-0.15, -0.1) is 0 Å². The number of anilines is 2. The summed E-state index contributed by atoms with van der Waals surface area (Å²) >= 11 is 0. The predicted octanol–water partition coefficient (Wildman–Crippen LogP) is 1.80. The molecule has 160 valence electrons. The van der Waals surface area contributed by atoms with E-state index in [0.29, 0.717) is 40.8 Å². The molecule has 1 aromatic heterocycles. The molecule has 1 atom stereocenters. The molecule has 3 heterocycles. The first-order chi connectivity index (χ1) is 14.8. The van der Waals surface area contributed by atoms with Crippen molar-refractivity contribution in [3.8, 4) is 0 Å². The third kappa shape index (κ3) is 3.53. The third-order valence-electron chi connectivity index (χ3n) is 5.81. The van der Waals surface area contributed by atoms with E-state index >= 15 is 0 Å². The molecule has 2 N–H and O–H groups in total. The van der Waals surface area contributed by atoms with Crippen LogP contribution < -0.4 is 15.5 Å². The van der Waals surface area contributed by atoms with Crippen molar-refractivity contribution in [3.63, 3.8) is 0 Å². The van der Waals surface area contributed by atoms with E-state index in [9.17, 15) is 13.2 Å². The van der Waals surface area contributed by atoms with Crippen LogP contribution >= 0.6 is 0 Å². The van der Waals surface area contributed by atoms with Gasteiger partial charge < -0.3 is 10.6 Å². The van der Waals surface area contributed by atoms with E-state index in [1.165, 1.54) is 0 Å². The van der Waals surface area contributed by atoms with Crippen LogP contribution in [0.15, 0.2) is 47.4 Å². The lowest BCUT2D eigenvalue weighted by molar-refractivity contribution is -0.117. The maximum Gasteiger partial charge on any atom is 0.229 e. The average Bonchev–Trinajstić information content (AvgIpc) is 3.00. The van der Waals surface area contributed by atoms with Gasteiger partial charge in [0.05, 0.1) is 16.2 Å². The number of aromatic nitrogens is 2. The van der Waals surface area contributed by atoms with Crippen LogP contribution in [0.2, 0.25) is 0 Å². The Hall–Kier alpha value is -3.04. The predicted molar refractivity (Wildman–Crippen MR) is 119 cm³/mol. The zero-order chi connectivity index (χ0) is 21.8. The lowest BCUT2D eigenvalue weighted by Gasteiger charge is -2.24. The highest BCUT2D eigenvalue weighted by molar-refractivity contribution is 7.91. The molecule has 31 heavy (non-hydrogen) atoms. The fourth-order valence-corrected chi connectivity index (χ4v) is 5.73. The van der Waals surface area contributed by atoms with Gasteiger partial charge in [-0.1, -0.05) is 29.8 Å². The highest BCUT2D eigenvalue weighted by atomic mass is 32.2. The van der Waals surface area contributed by atoms with Crippen molar-refractivity contribution in [2.75, 3.05) is 28.6 Å². The van der Waals surface area contributed by atoms with Crippen LogP contribution in [0, 0.1) is 6.92 Å². The van der Waals surface area contributed by atoms with Crippen LogP contribution in [-0.2, 0) is 21.2 Å². The molecule has 8 nitrogen and oxygen atoms in total. The quantitative estimate of drug-likeness (QED) is 0.651. The lowest BCUT2D eigenvalue weighted by atomic mass is 10.1. The lowest BCUT2D eigenvalue weighted by Crippen LogP contribution is -2.31. The Kier molecular flexibility index (Phi) is 4.67. The molecule has 1 amide bonds. The number of nitrogens with two attached hydrogens (primary N) is 1. The van der Waals surface area contributed by atoms with Gasteiger partial charge in [0.15, 0.2) is 9.84 Å². The van der Waals surface area contributed by atoms with Gasteiger partial charge in [0.1, 0.15) is 5.82 Å². The van der Waals surface area contributed by atoms with Crippen molar-refractivity contribution in [2.24, 2.45) is 5.73 Å². The summed E-state index contributed by atoms with van der Waals surface area (Å²) in [6.07, 6.45) is 0.280. The maximum atomic E-state index is 12.7. The summed E-state index contributed by atoms with van der Waals surface area (Å²) in [6, 6.07) is 12.6. The molecule has 1 saturated heterocycles. The van der Waals surface area contributed by atoms with Crippen molar-refractivity contribution in [3.05, 3.63) is 53.6 Å². The number of sulfone groups is 1. The number of carbonyl (C=O) groups is 1. The number of benzene rings is 2. The van der Waals surface area contributed by atoms with E-state index in [0.717, 1.165) is 10.9 Å². The first-order valence-electron chi connectivity index (χ1n) is 10.2. The first kappa shape index (κ1) is 19.9. The normalized spacial score (nSPS) is 20.7. The van der Waals surface area contributed by atoms with Gasteiger partial charge in [0.25, 0.3) is 0 Å². The van der Waals surface area contributed by atoms with E-state index in [1.807, 2.05) is 42.2 Å². The van der Waals surface area contributed by atoms with E-state index < -0.39 is 9.84 Å². The van der Waals surface area contributed by atoms with Crippen LogP contribution in [0.4, 0.5) is 11.8 Å². The molecular weight excluding hydrogens is 414 g/mol. The molecule has 2 aromatic carbocycles. The standard InChI is InChI=1S/C22H23N5O3S/c1-14-6-7-18-17(10-14)21(27-13-16(23)11-20(27)28)25-22(24-18)26-8-9-31(29,30)19-5-3-2-4-15(19)12-26/h2-7,10,16H,8-9,11-13,23H2,1H3. The van der Waals surface area contributed by atoms with Crippen LogP contribution in [-0.4, -0.2) is 49.2 Å². The largest absolute Gasteiger partial charge is 0.335 e. The second kappa shape index (κ2) is 7.28. The summed E-state index contributed by atoms with van der Waals surface area (Å²) in [4.78, 5) is 25.9.